The van der Waals surface area contributed by atoms with Crippen LogP contribution in [0.25, 0.3) is 0 Å². The molecule has 0 radical (unpaired) electrons. The van der Waals surface area contributed by atoms with Crippen LogP contribution in [-0.2, 0) is 28.6 Å². The fourth-order valence-corrected chi connectivity index (χ4v) is 4.61. The van der Waals surface area contributed by atoms with Crippen molar-refractivity contribution in [3.8, 4) is 0 Å². The molecule has 6 atom stereocenters. The molecule has 2 bridgehead atoms. The molecule has 0 spiro atoms. The first-order chi connectivity index (χ1) is 18.3. The van der Waals surface area contributed by atoms with Crippen molar-refractivity contribution in [3.05, 3.63) is 58.5 Å². The van der Waals surface area contributed by atoms with E-state index in [-0.39, 0.29) is 34.9 Å². The number of fused-ring (bicyclic) bond motifs is 2. The van der Waals surface area contributed by atoms with E-state index in [2.05, 4.69) is 5.32 Å². The first-order valence-electron chi connectivity index (χ1n) is 12.6. The molecular weight excluding hydrogens is 506 g/mol. The Morgan fingerprint density at radius 3 is 2.38 bits per heavy atom. The van der Waals surface area contributed by atoms with E-state index in [0.29, 0.717) is 12.0 Å². The number of methoxy groups -OCH3 is 2. The van der Waals surface area contributed by atoms with E-state index in [0.717, 1.165) is 6.08 Å². The number of nitrogens with one attached hydrogen (secondary N) is 1. The van der Waals surface area contributed by atoms with E-state index in [1.54, 1.807) is 26.0 Å². The molecule has 1 aliphatic heterocycles. The third-order valence-corrected chi connectivity index (χ3v) is 6.84. The summed E-state index contributed by atoms with van der Waals surface area (Å²) in [5.74, 6) is -2.37. The van der Waals surface area contributed by atoms with Gasteiger partial charge < -0.3 is 36.1 Å². The van der Waals surface area contributed by atoms with Crippen molar-refractivity contribution in [2.75, 3.05) is 14.2 Å². The van der Waals surface area contributed by atoms with Gasteiger partial charge in [-0.05, 0) is 38.2 Å². The molecular formula is C28H39N3O8. The lowest BCUT2D eigenvalue weighted by Gasteiger charge is -2.29. The predicted molar refractivity (Wildman–Crippen MR) is 144 cm³/mol. The Kier molecular flexibility index (Phi) is 11.4. The highest BCUT2D eigenvalue weighted by Gasteiger charge is 2.32. The van der Waals surface area contributed by atoms with Crippen molar-refractivity contribution in [2.45, 2.75) is 65.0 Å². The summed E-state index contributed by atoms with van der Waals surface area (Å²) in [6, 6.07) is 0. The minimum absolute atomic E-state index is 0.104. The largest absolute Gasteiger partial charge is 0.439 e. The van der Waals surface area contributed by atoms with Gasteiger partial charge in [-0.1, -0.05) is 38.2 Å². The quantitative estimate of drug-likeness (QED) is 0.303. The number of aliphatic hydroxyl groups is 1. The van der Waals surface area contributed by atoms with Crippen LogP contribution in [0.2, 0.25) is 0 Å². The maximum atomic E-state index is 13.2. The second-order valence-electron chi connectivity index (χ2n) is 9.97. The van der Waals surface area contributed by atoms with Crippen LogP contribution in [0.15, 0.2) is 58.5 Å². The van der Waals surface area contributed by atoms with Crippen molar-refractivity contribution in [3.63, 3.8) is 0 Å². The molecule has 2 aliphatic rings. The Morgan fingerprint density at radius 1 is 1.13 bits per heavy atom. The summed E-state index contributed by atoms with van der Waals surface area (Å²) in [5.41, 5.74) is 11.9. The zero-order valence-electron chi connectivity index (χ0n) is 23.2. The van der Waals surface area contributed by atoms with E-state index < -0.39 is 53.9 Å². The topological polar surface area (TPSA) is 180 Å². The molecule has 2 amide bonds. The number of primary amides is 1. The molecule has 11 nitrogen and oxygen atoms in total. The number of ether oxygens (including phenoxy) is 3. The number of carbonyl (C=O) groups is 4. The molecule has 0 saturated carbocycles. The van der Waals surface area contributed by atoms with Crippen LogP contribution in [0.5, 0.6) is 0 Å². The predicted octanol–water partition coefficient (Wildman–Crippen LogP) is 1.72. The zero-order chi connectivity index (χ0) is 29.4. The maximum Gasteiger partial charge on any atom is 0.405 e. The van der Waals surface area contributed by atoms with Crippen molar-refractivity contribution in [2.24, 2.45) is 23.3 Å². The summed E-state index contributed by atoms with van der Waals surface area (Å²) in [6.45, 7) is 6.89. The smallest absolute Gasteiger partial charge is 0.405 e. The van der Waals surface area contributed by atoms with Crippen LogP contribution in [-0.4, -0.2) is 67.3 Å². The minimum Gasteiger partial charge on any atom is -0.439 e. The summed E-state index contributed by atoms with van der Waals surface area (Å²) >= 11 is 0. The highest BCUT2D eigenvalue weighted by Crippen LogP contribution is 2.28. The molecule has 1 heterocycles. The number of ketones is 2. The Balaban J connectivity index is 2.58. The number of aliphatic hydroxyl groups excluding tert-OH is 1. The van der Waals surface area contributed by atoms with Crippen LogP contribution in [0.1, 0.15) is 40.5 Å². The monoisotopic (exact) mass is 545 g/mol. The lowest BCUT2D eigenvalue weighted by atomic mass is 9.85. The molecule has 0 aromatic heterocycles. The van der Waals surface area contributed by atoms with E-state index in [1.807, 2.05) is 6.92 Å². The van der Waals surface area contributed by atoms with Gasteiger partial charge in [-0.3, -0.25) is 14.4 Å². The van der Waals surface area contributed by atoms with Crippen LogP contribution in [0.3, 0.4) is 0 Å². The van der Waals surface area contributed by atoms with Crippen molar-refractivity contribution < 1.29 is 38.5 Å². The Bertz CT molecular complexity index is 1130. The third kappa shape index (κ3) is 8.22. The Hall–Kier alpha value is -3.54. The van der Waals surface area contributed by atoms with Crippen LogP contribution >= 0.6 is 0 Å². The van der Waals surface area contributed by atoms with Crippen molar-refractivity contribution in [1.29, 1.82) is 0 Å². The number of rotatable bonds is 3. The molecule has 2 unspecified atom stereocenters. The third-order valence-electron chi connectivity index (χ3n) is 6.84. The minimum atomic E-state index is -1.00. The fourth-order valence-electron chi connectivity index (χ4n) is 4.61. The molecule has 39 heavy (non-hydrogen) atoms. The van der Waals surface area contributed by atoms with Gasteiger partial charge in [-0.2, -0.15) is 0 Å². The van der Waals surface area contributed by atoms with Gasteiger partial charge in [-0.15, -0.1) is 0 Å². The number of hydrogen-bond acceptors (Lipinski definition) is 9. The molecule has 2 rings (SSSR count). The normalized spacial score (nSPS) is 32.5. The number of amides is 2. The van der Waals surface area contributed by atoms with E-state index in [1.165, 1.54) is 33.3 Å². The second-order valence-corrected chi connectivity index (χ2v) is 9.97. The summed E-state index contributed by atoms with van der Waals surface area (Å²) in [7, 11) is 2.90. The van der Waals surface area contributed by atoms with Gasteiger partial charge >= 0.3 is 6.09 Å². The van der Waals surface area contributed by atoms with Gasteiger partial charge in [0, 0.05) is 37.4 Å². The average Bonchev–Trinajstić information content (AvgIpc) is 2.88. The van der Waals surface area contributed by atoms with Gasteiger partial charge in [0.15, 0.2) is 6.10 Å². The molecule has 214 valence electrons. The van der Waals surface area contributed by atoms with Gasteiger partial charge in [0.25, 0.3) is 5.91 Å². The fraction of sp³-hybridized carbons (Fsp3) is 0.500. The van der Waals surface area contributed by atoms with Crippen LogP contribution < -0.4 is 16.8 Å². The summed E-state index contributed by atoms with van der Waals surface area (Å²) < 4.78 is 16.4. The van der Waals surface area contributed by atoms with E-state index >= 15 is 0 Å². The van der Waals surface area contributed by atoms with Crippen molar-refractivity contribution >= 4 is 23.6 Å². The number of Topliss-reactive ketones (excluding diaryl/α,β-unsaturated/α-hetero) is 1. The second kappa shape index (κ2) is 14.0. The lowest BCUT2D eigenvalue weighted by Crippen LogP contribution is -2.37. The summed E-state index contributed by atoms with van der Waals surface area (Å²) in [4.78, 5) is 50.1. The highest BCUT2D eigenvalue weighted by atomic mass is 16.6. The van der Waals surface area contributed by atoms with E-state index in [4.69, 9.17) is 25.7 Å². The first-order valence-corrected chi connectivity index (χ1v) is 12.6. The molecule has 0 fully saturated rings. The standard InChI is InChI=1S/C28H39N3O8/c1-14-10-18-23(29)20(32)13-19(25(18)34)31-27(35)15(2)8-7-9-21(37-5)26(39-28(30)36)17(4)12-16(3)24(33)22(11-14)38-6/h7-9,12-14,16,21-22,24,26,33H,10-11,29H2,1-6H3,(H2,30,36)(H,31,35)/b9-7?,15-8-,17-12+/t14-,16+,21+,22?,24-,26?/m1/s1. The number of nitrogens with two attached hydrogens (primary N) is 2. The lowest BCUT2D eigenvalue weighted by molar-refractivity contribution is -0.120. The molecule has 0 saturated heterocycles. The highest BCUT2D eigenvalue weighted by molar-refractivity contribution is 6.23. The molecule has 1 aliphatic carbocycles. The maximum absolute atomic E-state index is 13.2. The van der Waals surface area contributed by atoms with Gasteiger partial charge in [0.1, 0.15) is 6.10 Å². The SMILES string of the molecule is COC1C[C@H](C)CC2=C(N)C(=O)C=C(NC(=O)/C(C)=C\C=C[C@H](OC)C(OC(N)=O)/C(C)=C/[C@H](C)[C@H]1O)C2=O. The summed E-state index contributed by atoms with van der Waals surface area (Å²) in [5, 5.41) is 13.6. The first kappa shape index (κ1) is 31.7. The molecule has 11 heteroatoms. The number of allylic oxidation sites excluding steroid dienone is 4. The Morgan fingerprint density at radius 2 is 1.79 bits per heavy atom. The number of carbonyl (C=O) groups excluding carboxylic acids is 4. The number of hydrogen-bond donors (Lipinski definition) is 4. The van der Waals surface area contributed by atoms with Gasteiger partial charge in [0.2, 0.25) is 11.6 Å². The molecule has 0 aromatic rings. The zero-order valence-corrected chi connectivity index (χ0v) is 23.2. The molecule has 6 N–H and O–H groups in total. The van der Waals surface area contributed by atoms with E-state index in [9.17, 15) is 24.3 Å². The average molecular weight is 546 g/mol. The van der Waals surface area contributed by atoms with Crippen molar-refractivity contribution in [1.82, 2.24) is 5.32 Å². The Labute approximate surface area is 228 Å². The molecule has 0 aromatic carbocycles. The van der Waals surface area contributed by atoms with Gasteiger partial charge in [0.05, 0.1) is 23.6 Å². The van der Waals surface area contributed by atoms with Gasteiger partial charge in [-0.25, -0.2) is 4.79 Å². The summed E-state index contributed by atoms with van der Waals surface area (Å²) in [6.07, 6.45) is 3.55. The van der Waals surface area contributed by atoms with Crippen LogP contribution in [0, 0.1) is 11.8 Å². The van der Waals surface area contributed by atoms with Crippen LogP contribution in [0.4, 0.5) is 4.79 Å².